The summed E-state index contributed by atoms with van der Waals surface area (Å²) in [5, 5.41) is 9.00. The number of rotatable bonds is 5. The molecule has 0 aromatic heterocycles. The zero-order valence-corrected chi connectivity index (χ0v) is 9.07. The Morgan fingerprint density at radius 3 is 2.75 bits per heavy atom. The minimum absolute atomic E-state index is 0.126. The number of carbonyl (C=O) groups is 1. The number of carboxylic acid groups (broad SMARTS) is 1. The second kappa shape index (κ2) is 4.94. The van der Waals surface area contributed by atoms with Gasteiger partial charge in [0, 0.05) is 13.2 Å². The Bertz CT molecular complexity index is 380. The van der Waals surface area contributed by atoms with E-state index in [4.69, 9.17) is 14.6 Å². The van der Waals surface area contributed by atoms with E-state index < -0.39 is 17.4 Å². The minimum atomic E-state index is -1.53. The number of hydrogen-bond donors (Lipinski definition) is 1. The van der Waals surface area contributed by atoms with Crippen molar-refractivity contribution in [2.75, 3.05) is 13.7 Å². The molecule has 0 aliphatic rings. The Balaban J connectivity index is 2.87. The molecule has 0 aliphatic carbocycles. The number of aliphatic carboxylic acids is 1. The van der Waals surface area contributed by atoms with Gasteiger partial charge in [0.15, 0.2) is 0 Å². The van der Waals surface area contributed by atoms with Gasteiger partial charge in [0.2, 0.25) is 5.60 Å². The summed E-state index contributed by atoms with van der Waals surface area (Å²) in [4.78, 5) is 11.0. The fourth-order valence-electron chi connectivity index (χ4n) is 1.20. The normalized spacial score (nSPS) is 14.2. The average molecular weight is 228 g/mol. The van der Waals surface area contributed by atoms with E-state index in [2.05, 4.69) is 0 Å². The summed E-state index contributed by atoms with van der Waals surface area (Å²) in [5.41, 5.74) is -1.53. The van der Waals surface area contributed by atoms with Crippen molar-refractivity contribution in [2.24, 2.45) is 0 Å². The minimum Gasteiger partial charge on any atom is -0.478 e. The molecule has 0 aliphatic heterocycles. The van der Waals surface area contributed by atoms with Crippen LogP contribution in [0.3, 0.4) is 0 Å². The van der Waals surface area contributed by atoms with E-state index >= 15 is 0 Å². The van der Waals surface area contributed by atoms with Crippen LogP contribution in [0.15, 0.2) is 24.3 Å². The van der Waals surface area contributed by atoms with Gasteiger partial charge in [-0.3, -0.25) is 0 Å². The number of hydrogen-bond acceptors (Lipinski definition) is 3. The lowest BCUT2D eigenvalue weighted by Crippen LogP contribution is -2.45. The van der Waals surface area contributed by atoms with Crippen molar-refractivity contribution >= 4 is 5.97 Å². The van der Waals surface area contributed by atoms with Crippen LogP contribution in [0, 0.1) is 5.82 Å². The highest BCUT2D eigenvalue weighted by molar-refractivity contribution is 5.77. The molecule has 0 bridgehead atoms. The van der Waals surface area contributed by atoms with Crippen molar-refractivity contribution in [3.05, 3.63) is 30.1 Å². The summed E-state index contributed by atoms with van der Waals surface area (Å²) in [6, 6.07) is 5.30. The molecule has 0 heterocycles. The number of carboxylic acids is 1. The summed E-state index contributed by atoms with van der Waals surface area (Å²) in [6.45, 7) is 1.24. The molecule has 0 saturated carbocycles. The van der Waals surface area contributed by atoms with Crippen LogP contribution in [-0.2, 0) is 9.53 Å². The molecule has 0 spiro atoms. The fourth-order valence-corrected chi connectivity index (χ4v) is 1.20. The first-order valence-corrected chi connectivity index (χ1v) is 4.65. The third-order valence-corrected chi connectivity index (χ3v) is 2.01. The van der Waals surface area contributed by atoms with Crippen LogP contribution in [-0.4, -0.2) is 30.4 Å². The number of benzene rings is 1. The Hall–Kier alpha value is -1.62. The van der Waals surface area contributed by atoms with Crippen molar-refractivity contribution in [3.8, 4) is 5.75 Å². The lowest BCUT2D eigenvalue weighted by molar-refractivity contribution is -0.158. The molecular weight excluding hydrogens is 215 g/mol. The summed E-state index contributed by atoms with van der Waals surface area (Å²) >= 11 is 0. The van der Waals surface area contributed by atoms with Gasteiger partial charge in [0.05, 0.1) is 6.61 Å². The van der Waals surface area contributed by atoms with Gasteiger partial charge in [-0.05, 0) is 19.1 Å². The summed E-state index contributed by atoms with van der Waals surface area (Å²) in [6.07, 6.45) is 0. The molecular formula is C11H13FO4. The van der Waals surface area contributed by atoms with E-state index in [0.717, 1.165) is 6.07 Å². The van der Waals surface area contributed by atoms with E-state index in [0.29, 0.717) is 0 Å². The van der Waals surface area contributed by atoms with Crippen LogP contribution in [0.25, 0.3) is 0 Å². The molecule has 5 heteroatoms. The maximum absolute atomic E-state index is 12.9. The quantitative estimate of drug-likeness (QED) is 0.833. The van der Waals surface area contributed by atoms with Crippen LogP contribution >= 0.6 is 0 Å². The van der Waals surface area contributed by atoms with Crippen molar-refractivity contribution in [3.63, 3.8) is 0 Å². The van der Waals surface area contributed by atoms with Gasteiger partial charge in [0.25, 0.3) is 0 Å². The SMILES string of the molecule is COCC(C)(Oc1cccc(F)c1)C(=O)O. The topological polar surface area (TPSA) is 55.8 Å². The molecule has 1 rings (SSSR count). The molecule has 1 N–H and O–H groups in total. The molecule has 1 atom stereocenters. The van der Waals surface area contributed by atoms with Gasteiger partial charge >= 0.3 is 5.97 Å². The summed E-state index contributed by atoms with van der Waals surface area (Å²) in [7, 11) is 1.37. The molecule has 1 aromatic rings. The lowest BCUT2D eigenvalue weighted by atomic mass is 10.1. The van der Waals surface area contributed by atoms with Gasteiger partial charge < -0.3 is 14.6 Å². The molecule has 16 heavy (non-hydrogen) atoms. The first-order valence-electron chi connectivity index (χ1n) is 4.65. The van der Waals surface area contributed by atoms with E-state index in [1.165, 1.54) is 32.2 Å². The van der Waals surface area contributed by atoms with Gasteiger partial charge in [-0.1, -0.05) is 6.07 Å². The van der Waals surface area contributed by atoms with E-state index in [1.807, 2.05) is 0 Å². The maximum Gasteiger partial charge on any atom is 0.350 e. The first-order chi connectivity index (χ1) is 7.48. The number of ether oxygens (including phenoxy) is 2. The summed E-state index contributed by atoms with van der Waals surface area (Å²) < 4.78 is 22.9. The Kier molecular flexibility index (Phi) is 3.84. The number of halogens is 1. The zero-order valence-electron chi connectivity index (χ0n) is 9.07. The molecule has 0 amide bonds. The molecule has 0 radical (unpaired) electrons. The molecule has 1 aromatic carbocycles. The third-order valence-electron chi connectivity index (χ3n) is 2.01. The predicted octanol–water partition coefficient (Wildman–Crippen LogP) is 1.69. The van der Waals surface area contributed by atoms with Crippen molar-refractivity contribution in [1.29, 1.82) is 0 Å². The van der Waals surface area contributed by atoms with Crippen LogP contribution in [0.4, 0.5) is 4.39 Å². The van der Waals surface area contributed by atoms with Crippen LogP contribution in [0.5, 0.6) is 5.75 Å². The first kappa shape index (κ1) is 12.4. The van der Waals surface area contributed by atoms with E-state index in [1.54, 1.807) is 0 Å². The van der Waals surface area contributed by atoms with Crippen molar-refractivity contribution < 1.29 is 23.8 Å². The van der Waals surface area contributed by atoms with Gasteiger partial charge in [-0.25, -0.2) is 9.18 Å². The van der Waals surface area contributed by atoms with Crippen molar-refractivity contribution in [1.82, 2.24) is 0 Å². The maximum atomic E-state index is 12.9. The smallest absolute Gasteiger partial charge is 0.350 e. The average Bonchev–Trinajstić information content (AvgIpc) is 2.17. The molecule has 0 saturated heterocycles. The fraction of sp³-hybridized carbons (Fsp3) is 0.364. The highest BCUT2D eigenvalue weighted by Crippen LogP contribution is 2.20. The Labute approximate surface area is 92.6 Å². The summed E-state index contributed by atoms with van der Waals surface area (Å²) in [5.74, 6) is -1.50. The standard InChI is InChI=1S/C11H13FO4/c1-11(7-15-2,10(13)14)16-9-5-3-4-8(12)6-9/h3-6H,7H2,1-2H3,(H,13,14). The largest absolute Gasteiger partial charge is 0.478 e. The lowest BCUT2D eigenvalue weighted by Gasteiger charge is -2.25. The zero-order chi connectivity index (χ0) is 12.2. The van der Waals surface area contributed by atoms with Gasteiger partial charge in [-0.2, -0.15) is 0 Å². The van der Waals surface area contributed by atoms with Crippen LogP contribution in [0.2, 0.25) is 0 Å². The van der Waals surface area contributed by atoms with Crippen LogP contribution in [0.1, 0.15) is 6.92 Å². The van der Waals surface area contributed by atoms with Gasteiger partial charge in [-0.15, -0.1) is 0 Å². The third kappa shape index (κ3) is 2.93. The molecule has 88 valence electrons. The van der Waals surface area contributed by atoms with E-state index in [-0.39, 0.29) is 12.4 Å². The molecule has 0 fully saturated rings. The highest BCUT2D eigenvalue weighted by Gasteiger charge is 2.35. The Morgan fingerprint density at radius 2 is 2.25 bits per heavy atom. The second-order valence-corrected chi connectivity index (χ2v) is 3.53. The number of methoxy groups -OCH3 is 1. The molecule has 1 unspecified atom stereocenters. The molecule has 4 nitrogen and oxygen atoms in total. The van der Waals surface area contributed by atoms with Gasteiger partial charge in [0.1, 0.15) is 11.6 Å². The second-order valence-electron chi connectivity index (χ2n) is 3.53. The Morgan fingerprint density at radius 1 is 1.56 bits per heavy atom. The predicted molar refractivity (Wildman–Crippen MR) is 54.9 cm³/mol. The van der Waals surface area contributed by atoms with Crippen LogP contribution < -0.4 is 4.74 Å². The monoisotopic (exact) mass is 228 g/mol. The van der Waals surface area contributed by atoms with Crippen molar-refractivity contribution in [2.45, 2.75) is 12.5 Å². The highest BCUT2D eigenvalue weighted by atomic mass is 19.1. The van der Waals surface area contributed by atoms with E-state index in [9.17, 15) is 9.18 Å².